The van der Waals surface area contributed by atoms with Gasteiger partial charge in [-0.05, 0) is 113 Å². The van der Waals surface area contributed by atoms with E-state index >= 15 is 0 Å². The SMILES string of the molecule is CC(C)(C)c1ccc(C(CC(=O)NCCS(=O)(=O)O)CC(=O)O[C@H]2CC[C@@]3(C)C(C2)[C@@H](OC(=O)CC(CC(=O)NCCS(=O)(=O)O)c2ccc(C(C)(C)C)cc2)C[C@H]2[C@@H]4CC[C@H](OC(=O)CC(CC(=O)NCCS(=O)(=O)O)c5ccc(C(C)(C)C)cc5)[C@@]4(C)CC[C@@]23O)cc1. The standard InChI is InChI=1S/C70H101N3O19S3/c1-65(2,3)50-18-12-44(13-19-50)47(36-59(74)71-30-33-93(81,82)83)39-62(77)90-53-26-27-69(11)56(42-53)57(91-63(78)40-48(37-60(75)72-31-34-94(84,85)86)45-14-20-51(21-15-45)66(4,5)6)43-55-54-24-25-58(68(54,10)28-29-70(55,69)80)92-64(79)41-49(38-61(76)73-32-35-95(87,88)89)46-16-22-52(23-17-46)67(7,8)9/h12-23,47-49,53-58,80H,24-43H2,1-11H3,(H,71,74)(H,72,75)(H,73,76)(H,81,82,83)(H,84,85,86)(H,87,88,89)/t47?,48?,49?,53-,54-,55-,56?,57-,58-,68-,69-,70+/m0/s1. The molecule has 3 aromatic rings. The van der Waals surface area contributed by atoms with Crippen molar-refractivity contribution < 1.29 is 87.0 Å². The minimum atomic E-state index is -4.40. The van der Waals surface area contributed by atoms with E-state index in [2.05, 4.69) is 64.4 Å². The Hall–Kier alpha value is -5.83. The number of aliphatic hydroxyl groups is 1. The zero-order valence-corrected chi connectivity index (χ0v) is 59.4. The molecule has 7 N–H and O–H groups in total. The zero-order chi connectivity index (χ0) is 70.5. The van der Waals surface area contributed by atoms with E-state index in [1.54, 1.807) is 0 Å². The number of amides is 3. The highest BCUT2D eigenvalue weighted by Gasteiger charge is 2.70. The molecule has 3 amide bonds. The van der Waals surface area contributed by atoms with Crippen molar-refractivity contribution in [2.24, 2.45) is 28.6 Å². The summed E-state index contributed by atoms with van der Waals surface area (Å²) in [5.74, 6) is -9.07. The Kier molecular flexibility index (Phi) is 24.3. The first-order valence-electron chi connectivity index (χ1n) is 33.1. The number of hydrogen-bond acceptors (Lipinski definition) is 16. The molecule has 528 valence electrons. The van der Waals surface area contributed by atoms with E-state index in [9.17, 15) is 72.8 Å². The predicted molar refractivity (Wildman–Crippen MR) is 358 cm³/mol. The third-order valence-corrected chi connectivity index (χ3v) is 23.1. The summed E-state index contributed by atoms with van der Waals surface area (Å²) in [6.45, 7) is 21.5. The van der Waals surface area contributed by atoms with Crippen LogP contribution in [-0.4, -0.2) is 140 Å². The molecule has 3 aromatic carbocycles. The van der Waals surface area contributed by atoms with Gasteiger partial charge < -0.3 is 35.3 Å². The Balaban J connectivity index is 1.17. The lowest BCUT2D eigenvalue weighted by molar-refractivity contribution is -0.270. The van der Waals surface area contributed by atoms with Crippen LogP contribution >= 0.6 is 0 Å². The van der Waals surface area contributed by atoms with Gasteiger partial charge in [0.15, 0.2) is 0 Å². The third kappa shape index (κ3) is 20.6. The molecule has 0 spiro atoms. The summed E-state index contributed by atoms with van der Waals surface area (Å²) in [5.41, 5.74) is 1.42. The lowest BCUT2D eigenvalue weighted by atomic mass is 9.42. The predicted octanol–water partition coefficient (Wildman–Crippen LogP) is 9.09. The molecule has 12 atom stereocenters. The molecule has 22 nitrogen and oxygen atoms in total. The van der Waals surface area contributed by atoms with Gasteiger partial charge in [0.25, 0.3) is 30.4 Å². The van der Waals surface area contributed by atoms with Crippen molar-refractivity contribution in [1.82, 2.24) is 16.0 Å². The molecule has 4 fully saturated rings. The number of rotatable bonds is 27. The lowest BCUT2D eigenvalue weighted by Gasteiger charge is -2.66. The highest BCUT2D eigenvalue weighted by Crippen LogP contribution is 2.69. The van der Waals surface area contributed by atoms with Gasteiger partial charge in [-0.1, -0.05) is 149 Å². The third-order valence-electron chi connectivity index (χ3n) is 20.9. The van der Waals surface area contributed by atoms with E-state index in [0.717, 1.165) is 16.7 Å². The minimum absolute atomic E-state index is 0.170. The van der Waals surface area contributed by atoms with Crippen molar-refractivity contribution >= 4 is 66.0 Å². The first-order valence-corrected chi connectivity index (χ1v) is 38.0. The Labute approximate surface area is 561 Å². The normalized spacial score (nSPS) is 25.7. The van der Waals surface area contributed by atoms with E-state index in [0.29, 0.717) is 48.8 Å². The number of benzene rings is 3. The van der Waals surface area contributed by atoms with Crippen molar-refractivity contribution in [2.45, 2.75) is 224 Å². The molecule has 0 radical (unpaired) electrons. The smallest absolute Gasteiger partial charge is 0.306 e. The minimum Gasteiger partial charge on any atom is -0.462 e. The molecule has 95 heavy (non-hydrogen) atoms. The number of esters is 3. The maximum atomic E-state index is 14.9. The van der Waals surface area contributed by atoms with E-state index in [1.165, 1.54) is 0 Å². The van der Waals surface area contributed by atoms with Crippen LogP contribution in [0, 0.1) is 28.6 Å². The number of fused-ring (bicyclic) bond motifs is 5. The maximum absolute atomic E-state index is 14.9. The number of carbonyl (C=O) groups excluding carboxylic acids is 6. The Morgan fingerprint density at radius 3 is 1.18 bits per heavy atom. The van der Waals surface area contributed by atoms with Crippen LogP contribution in [0.3, 0.4) is 0 Å². The van der Waals surface area contributed by atoms with Crippen LogP contribution in [0.1, 0.15) is 217 Å². The molecule has 7 rings (SSSR count). The van der Waals surface area contributed by atoms with Gasteiger partial charge in [0.1, 0.15) is 18.3 Å². The van der Waals surface area contributed by atoms with E-state index in [-0.39, 0.29) is 99.6 Å². The van der Waals surface area contributed by atoms with Crippen molar-refractivity contribution in [3.8, 4) is 0 Å². The number of nitrogens with one attached hydrogen (secondary N) is 3. The molecule has 0 saturated heterocycles. The van der Waals surface area contributed by atoms with Crippen LogP contribution in [0.5, 0.6) is 0 Å². The maximum Gasteiger partial charge on any atom is 0.306 e. The topological polar surface area (TPSA) is 350 Å². The van der Waals surface area contributed by atoms with Gasteiger partial charge in [-0.15, -0.1) is 0 Å². The van der Waals surface area contributed by atoms with Crippen LogP contribution in [0.25, 0.3) is 0 Å². The fourth-order valence-electron chi connectivity index (χ4n) is 15.3. The monoisotopic (exact) mass is 1380 g/mol. The molecule has 4 saturated carbocycles. The second-order valence-corrected chi connectivity index (χ2v) is 35.4. The summed E-state index contributed by atoms with van der Waals surface area (Å²) >= 11 is 0. The molecule has 4 aliphatic rings. The fourth-order valence-corrected chi connectivity index (χ4v) is 16.4. The zero-order valence-electron chi connectivity index (χ0n) is 56.9. The number of ether oxygens (including phenoxy) is 3. The van der Waals surface area contributed by atoms with Crippen molar-refractivity contribution in [1.29, 1.82) is 0 Å². The van der Waals surface area contributed by atoms with Crippen LogP contribution in [-0.2, 0) is 89.6 Å². The van der Waals surface area contributed by atoms with E-state index in [1.807, 2.05) is 100 Å². The second-order valence-electron chi connectivity index (χ2n) is 30.7. The molecule has 0 bridgehead atoms. The van der Waals surface area contributed by atoms with Gasteiger partial charge in [0.05, 0.1) is 42.1 Å². The number of hydrogen-bond donors (Lipinski definition) is 7. The highest BCUT2D eigenvalue weighted by atomic mass is 32.2. The quantitative estimate of drug-likeness (QED) is 0.0212. The summed E-state index contributed by atoms with van der Waals surface area (Å²) < 4.78 is 117. The molecule has 25 heteroatoms. The van der Waals surface area contributed by atoms with Crippen molar-refractivity contribution in [3.05, 3.63) is 106 Å². The average Bonchev–Trinajstić information content (AvgIpc) is 1.68. The first kappa shape index (κ1) is 76.5. The van der Waals surface area contributed by atoms with Gasteiger partial charge in [0, 0.05) is 73.4 Å². The summed E-state index contributed by atoms with van der Waals surface area (Å²) in [5, 5.41) is 21.3. The average molecular weight is 1380 g/mol. The van der Waals surface area contributed by atoms with Crippen molar-refractivity contribution in [2.75, 3.05) is 36.9 Å². The molecule has 0 aromatic heterocycles. The van der Waals surface area contributed by atoms with Gasteiger partial charge >= 0.3 is 17.9 Å². The Morgan fingerprint density at radius 2 is 0.821 bits per heavy atom. The van der Waals surface area contributed by atoms with Crippen LogP contribution in [0.4, 0.5) is 0 Å². The molecule has 4 aliphatic carbocycles. The van der Waals surface area contributed by atoms with Crippen molar-refractivity contribution in [3.63, 3.8) is 0 Å². The van der Waals surface area contributed by atoms with Crippen LogP contribution in [0.2, 0.25) is 0 Å². The van der Waals surface area contributed by atoms with Gasteiger partial charge in [0.2, 0.25) is 17.7 Å². The van der Waals surface area contributed by atoms with Crippen LogP contribution < -0.4 is 16.0 Å². The summed E-state index contributed by atoms with van der Waals surface area (Å²) in [6, 6.07) is 22.7. The lowest BCUT2D eigenvalue weighted by Crippen LogP contribution is -2.69. The molecular weight excluding hydrogens is 1280 g/mol. The first-order chi connectivity index (χ1) is 43.9. The van der Waals surface area contributed by atoms with E-state index < -0.39 is 148 Å². The van der Waals surface area contributed by atoms with Gasteiger partial charge in [-0.2, -0.15) is 25.3 Å². The Morgan fingerprint density at radius 1 is 0.463 bits per heavy atom. The highest BCUT2D eigenvalue weighted by molar-refractivity contribution is 7.86. The molecule has 0 aliphatic heterocycles. The van der Waals surface area contributed by atoms with E-state index in [4.69, 9.17) is 14.2 Å². The van der Waals surface area contributed by atoms with Gasteiger partial charge in [-0.3, -0.25) is 42.4 Å². The summed E-state index contributed by atoms with van der Waals surface area (Å²) in [7, 11) is -13.1. The summed E-state index contributed by atoms with van der Waals surface area (Å²) in [4.78, 5) is 83.9. The Bertz CT molecular complexity index is 3580. The molecule has 0 heterocycles. The molecular formula is C70H101N3O19S3. The fraction of sp³-hybridized carbons (Fsp3) is 0.657. The van der Waals surface area contributed by atoms with Crippen LogP contribution in [0.15, 0.2) is 72.8 Å². The van der Waals surface area contributed by atoms with Gasteiger partial charge in [-0.25, -0.2) is 0 Å². The largest absolute Gasteiger partial charge is 0.462 e. The summed E-state index contributed by atoms with van der Waals surface area (Å²) in [6.07, 6.45) is -0.888. The molecule has 4 unspecified atom stereocenters. The number of carbonyl (C=O) groups is 6. The second kappa shape index (κ2) is 30.1.